The van der Waals surface area contributed by atoms with E-state index in [1.165, 1.54) is 19.3 Å². The Balaban J connectivity index is 2.30. The smallest absolute Gasteiger partial charge is 0.0771 e. The highest BCUT2D eigenvalue weighted by molar-refractivity contribution is 5.05. The number of ether oxygens (including phenoxy) is 1. The quantitative estimate of drug-likeness (QED) is 0.802. The molecule has 1 saturated heterocycles. The predicted octanol–water partition coefficient (Wildman–Crippen LogP) is 3.38. The molecular formula is C15H28O2. The van der Waals surface area contributed by atoms with Crippen molar-refractivity contribution < 1.29 is 9.84 Å². The molecule has 0 aromatic carbocycles. The van der Waals surface area contributed by atoms with E-state index in [0.29, 0.717) is 24.4 Å². The molecular weight excluding hydrogens is 212 g/mol. The van der Waals surface area contributed by atoms with Crippen LogP contribution in [0.2, 0.25) is 0 Å². The van der Waals surface area contributed by atoms with Crippen molar-refractivity contribution >= 4 is 0 Å². The van der Waals surface area contributed by atoms with Crippen LogP contribution in [0, 0.1) is 17.8 Å². The van der Waals surface area contributed by atoms with Crippen molar-refractivity contribution in [2.24, 2.45) is 17.8 Å². The van der Waals surface area contributed by atoms with Crippen LogP contribution in [0.1, 0.15) is 59.8 Å². The maximum atomic E-state index is 9.71. The average molecular weight is 240 g/mol. The largest absolute Gasteiger partial charge is 0.396 e. The van der Waals surface area contributed by atoms with Crippen molar-refractivity contribution in [2.45, 2.75) is 71.0 Å². The molecule has 0 amide bonds. The summed E-state index contributed by atoms with van der Waals surface area (Å²) in [6.07, 6.45) is 5.97. The van der Waals surface area contributed by atoms with E-state index in [-0.39, 0.29) is 11.2 Å². The number of aliphatic hydroxyl groups excluding tert-OH is 1. The van der Waals surface area contributed by atoms with E-state index in [0.717, 1.165) is 12.8 Å². The Hall–Kier alpha value is -0.0800. The normalized spacial score (nSPS) is 45.4. The van der Waals surface area contributed by atoms with Crippen LogP contribution in [-0.4, -0.2) is 22.9 Å². The van der Waals surface area contributed by atoms with Crippen molar-refractivity contribution in [3.8, 4) is 0 Å². The van der Waals surface area contributed by atoms with E-state index in [9.17, 15) is 5.11 Å². The van der Waals surface area contributed by atoms with Crippen molar-refractivity contribution in [2.75, 3.05) is 6.61 Å². The SMILES string of the molecule is CCC1CCC[C@@H](CO)[C@@]12CC(C)C(C)(C)O2. The van der Waals surface area contributed by atoms with E-state index in [1.807, 2.05) is 0 Å². The molecule has 1 saturated carbocycles. The van der Waals surface area contributed by atoms with Gasteiger partial charge < -0.3 is 9.84 Å². The highest BCUT2D eigenvalue weighted by atomic mass is 16.5. The van der Waals surface area contributed by atoms with E-state index >= 15 is 0 Å². The molecule has 0 radical (unpaired) electrons. The third-order valence-corrected chi connectivity index (χ3v) is 5.47. The maximum Gasteiger partial charge on any atom is 0.0771 e. The Labute approximate surface area is 106 Å². The fourth-order valence-electron chi connectivity index (χ4n) is 4.08. The van der Waals surface area contributed by atoms with Crippen LogP contribution in [0.25, 0.3) is 0 Å². The lowest BCUT2D eigenvalue weighted by atomic mass is 9.65. The third kappa shape index (κ3) is 2.04. The summed E-state index contributed by atoms with van der Waals surface area (Å²) in [5.74, 6) is 1.58. The van der Waals surface area contributed by atoms with Gasteiger partial charge in [0.1, 0.15) is 0 Å². The molecule has 1 spiro atoms. The number of rotatable bonds is 2. The standard InChI is InChI=1S/C15H28O2/c1-5-12-7-6-8-13(10-16)15(12)9-11(2)14(3,4)17-15/h11-13,16H,5-10H2,1-4H3/t11?,12?,13-,15+/m0/s1. The first-order valence-corrected chi connectivity index (χ1v) is 7.27. The third-order valence-electron chi connectivity index (χ3n) is 5.47. The van der Waals surface area contributed by atoms with Gasteiger partial charge in [-0.25, -0.2) is 0 Å². The molecule has 2 heteroatoms. The van der Waals surface area contributed by atoms with Crippen molar-refractivity contribution in [3.05, 3.63) is 0 Å². The topological polar surface area (TPSA) is 29.5 Å². The van der Waals surface area contributed by atoms with Crippen molar-refractivity contribution in [3.63, 3.8) is 0 Å². The number of hydrogen-bond donors (Lipinski definition) is 1. The lowest BCUT2D eigenvalue weighted by Gasteiger charge is -2.47. The summed E-state index contributed by atoms with van der Waals surface area (Å²) in [7, 11) is 0. The van der Waals surface area contributed by atoms with Gasteiger partial charge in [0.2, 0.25) is 0 Å². The van der Waals surface area contributed by atoms with Gasteiger partial charge in [0.05, 0.1) is 11.2 Å². The molecule has 2 unspecified atom stereocenters. The highest BCUT2D eigenvalue weighted by Gasteiger charge is 2.57. The van der Waals surface area contributed by atoms with E-state index in [4.69, 9.17) is 4.74 Å². The zero-order chi connectivity index (χ0) is 12.7. The van der Waals surface area contributed by atoms with Gasteiger partial charge in [-0.3, -0.25) is 0 Å². The summed E-state index contributed by atoms with van der Waals surface area (Å²) in [6, 6.07) is 0. The van der Waals surface area contributed by atoms with Gasteiger partial charge in [0, 0.05) is 12.5 Å². The molecule has 4 atom stereocenters. The molecule has 0 bridgehead atoms. The van der Waals surface area contributed by atoms with E-state index in [2.05, 4.69) is 27.7 Å². The minimum Gasteiger partial charge on any atom is -0.396 e. The average Bonchev–Trinajstić information content (AvgIpc) is 2.50. The van der Waals surface area contributed by atoms with E-state index < -0.39 is 0 Å². The van der Waals surface area contributed by atoms with Crippen LogP contribution in [0.3, 0.4) is 0 Å². The summed E-state index contributed by atoms with van der Waals surface area (Å²) in [6.45, 7) is 9.28. The van der Waals surface area contributed by atoms with Crippen molar-refractivity contribution in [1.82, 2.24) is 0 Å². The van der Waals surface area contributed by atoms with Gasteiger partial charge >= 0.3 is 0 Å². The molecule has 1 heterocycles. The monoisotopic (exact) mass is 240 g/mol. The molecule has 1 aliphatic heterocycles. The second-order valence-corrected chi connectivity index (χ2v) is 6.68. The lowest BCUT2D eigenvalue weighted by molar-refractivity contribution is -0.174. The molecule has 2 rings (SSSR count). The molecule has 1 N–H and O–H groups in total. The van der Waals surface area contributed by atoms with Crippen LogP contribution in [0.15, 0.2) is 0 Å². The maximum absolute atomic E-state index is 9.71. The van der Waals surface area contributed by atoms with Crippen LogP contribution in [0.4, 0.5) is 0 Å². The Morgan fingerprint density at radius 1 is 1.24 bits per heavy atom. The van der Waals surface area contributed by atoms with Crippen LogP contribution >= 0.6 is 0 Å². The molecule has 2 nitrogen and oxygen atoms in total. The Morgan fingerprint density at radius 3 is 2.35 bits per heavy atom. The van der Waals surface area contributed by atoms with Gasteiger partial charge in [-0.15, -0.1) is 0 Å². The Kier molecular flexibility index (Phi) is 3.57. The van der Waals surface area contributed by atoms with Crippen molar-refractivity contribution in [1.29, 1.82) is 0 Å². The fourth-order valence-corrected chi connectivity index (χ4v) is 4.08. The summed E-state index contributed by atoms with van der Waals surface area (Å²) < 4.78 is 6.54. The number of hydrogen-bond acceptors (Lipinski definition) is 2. The molecule has 100 valence electrons. The molecule has 0 aromatic heterocycles. The van der Waals surface area contributed by atoms with Gasteiger partial charge in [-0.05, 0) is 44.9 Å². The Morgan fingerprint density at radius 2 is 1.88 bits per heavy atom. The van der Waals surface area contributed by atoms with Gasteiger partial charge in [0.25, 0.3) is 0 Å². The summed E-state index contributed by atoms with van der Waals surface area (Å²) in [5, 5.41) is 9.71. The second kappa shape index (κ2) is 4.55. The van der Waals surface area contributed by atoms with Gasteiger partial charge in [0.15, 0.2) is 0 Å². The Bertz CT molecular complexity index is 260. The van der Waals surface area contributed by atoms with Crippen LogP contribution in [0.5, 0.6) is 0 Å². The second-order valence-electron chi connectivity index (χ2n) is 6.68. The zero-order valence-electron chi connectivity index (χ0n) is 11.8. The highest BCUT2D eigenvalue weighted by Crippen LogP contribution is 2.54. The summed E-state index contributed by atoms with van der Waals surface area (Å²) in [4.78, 5) is 0. The molecule has 2 aliphatic rings. The van der Waals surface area contributed by atoms with Crippen LogP contribution in [-0.2, 0) is 4.74 Å². The van der Waals surface area contributed by atoms with E-state index in [1.54, 1.807) is 0 Å². The first kappa shape index (κ1) is 13.4. The number of aliphatic hydroxyl groups is 1. The zero-order valence-corrected chi connectivity index (χ0v) is 11.8. The van der Waals surface area contributed by atoms with Gasteiger partial charge in [-0.2, -0.15) is 0 Å². The predicted molar refractivity (Wildman–Crippen MR) is 69.9 cm³/mol. The molecule has 1 aliphatic carbocycles. The molecule has 17 heavy (non-hydrogen) atoms. The molecule has 0 aromatic rings. The fraction of sp³-hybridized carbons (Fsp3) is 1.00. The minimum absolute atomic E-state index is 0.0296. The molecule has 2 fully saturated rings. The summed E-state index contributed by atoms with van der Waals surface area (Å²) >= 11 is 0. The summed E-state index contributed by atoms with van der Waals surface area (Å²) in [5.41, 5.74) is -0.0666. The van der Waals surface area contributed by atoms with Gasteiger partial charge in [-0.1, -0.05) is 26.7 Å². The lowest BCUT2D eigenvalue weighted by Crippen LogP contribution is -2.50. The van der Waals surface area contributed by atoms with Crippen LogP contribution < -0.4 is 0 Å². The first-order valence-electron chi connectivity index (χ1n) is 7.27. The first-order chi connectivity index (χ1) is 7.96. The minimum atomic E-state index is -0.0370.